The van der Waals surface area contributed by atoms with Crippen molar-refractivity contribution < 1.29 is 0 Å². The minimum Gasteiger partial charge on any atom is -0.311 e. The molecule has 2 aliphatic carbocycles. The molecule has 0 unspecified atom stereocenters. The van der Waals surface area contributed by atoms with Crippen LogP contribution in [0.5, 0.6) is 0 Å². The second-order valence-corrected chi connectivity index (χ2v) is 27.3. The molecule has 0 spiro atoms. The zero-order valence-electron chi connectivity index (χ0n) is 48.9. The Morgan fingerprint density at radius 2 is 0.962 bits per heavy atom. The van der Waals surface area contributed by atoms with E-state index in [-0.39, 0.29) is 33.8 Å². The number of hydrogen-bond donors (Lipinski definition) is 0. The third kappa shape index (κ3) is 8.30. The van der Waals surface area contributed by atoms with Crippen molar-refractivity contribution in [2.45, 2.75) is 136 Å². The maximum absolute atomic E-state index is 2.72. The number of rotatable bonds is 7. The normalized spacial score (nSPS) is 16.8. The van der Waals surface area contributed by atoms with Gasteiger partial charge in [0, 0.05) is 51.1 Å². The molecule has 2 aliphatic heterocycles. The fourth-order valence-corrected chi connectivity index (χ4v) is 14.7. The van der Waals surface area contributed by atoms with Gasteiger partial charge in [-0.05, 0) is 205 Å². The summed E-state index contributed by atoms with van der Waals surface area (Å²) in [6.07, 6.45) is 3.42. The van der Waals surface area contributed by atoms with Crippen LogP contribution < -0.4 is 31.1 Å². The van der Waals surface area contributed by atoms with Crippen LogP contribution in [0, 0.1) is 13.8 Å². The fraction of sp³-hybridized carbons (Fsp3) is 0.280. The Labute approximate surface area is 472 Å². The fourth-order valence-electron chi connectivity index (χ4n) is 14.7. The molecule has 79 heavy (non-hydrogen) atoms. The Hall–Kier alpha value is -7.56. The highest BCUT2D eigenvalue weighted by atomic mass is 15.2. The van der Waals surface area contributed by atoms with Crippen molar-refractivity contribution in [3.63, 3.8) is 0 Å². The molecule has 4 heteroatoms. The SMILES string of the molecule is Cc1cc2c3c(c1)N(c1ccc(C(C)(C)C)cc1-c1ccc4c(c1)C(C)(C)CC4(C)C)c1cc4c(cc1B3c1ccc(N(c3ccccc3)c3ccccc3)cc1N2c1cc(-c2ccccc2)ccc1C)C(C)(C)CCC4(C)C. The summed E-state index contributed by atoms with van der Waals surface area (Å²) in [5.41, 5.74) is 29.5. The number of benzene rings is 9. The predicted molar refractivity (Wildman–Crippen MR) is 340 cm³/mol. The second kappa shape index (κ2) is 18.0. The quantitative estimate of drug-likeness (QED) is 0.147. The van der Waals surface area contributed by atoms with E-state index in [1.54, 1.807) is 0 Å². The average molecular weight is 1030 g/mol. The molecular formula is C75H76BN3. The molecule has 0 N–H and O–H groups in total. The van der Waals surface area contributed by atoms with Crippen LogP contribution in [0.3, 0.4) is 0 Å². The molecule has 394 valence electrons. The topological polar surface area (TPSA) is 9.72 Å². The van der Waals surface area contributed by atoms with Crippen molar-refractivity contribution >= 4 is 74.3 Å². The van der Waals surface area contributed by atoms with Crippen molar-refractivity contribution in [3.05, 3.63) is 227 Å². The van der Waals surface area contributed by atoms with Crippen LogP contribution in [-0.4, -0.2) is 6.71 Å². The van der Waals surface area contributed by atoms with Gasteiger partial charge in [-0.1, -0.05) is 191 Å². The third-order valence-electron chi connectivity index (χ3n) is 18.8. The summed E-state index contributed by atoms with van der Waals surface area (Å²) >= 11 is 0. The van der Waals surface area contributed by atoms with Crippen molar-refractivity contribution in [3.8, 4) is 22.3 Å². The highest BCUT2D eigenvalue weighted by Crippen LogP contribution is 2.55. The van der Waals surface area contributed by atoms with Crippen LogP contribution in [0.4, 0.5) is 51.2 Å². The predicted octanol–water partition coefficient (Wildman–Crippen LogP) is 18.8. The van der Waals surface area contributed by atoms with Crippen LogP contribution in [0.2, 0.25) is 0 Å². The highest BCUT2D eigenvalue weighted by Gasteiger charge is 2.48. The van der Waals surface area contributed by atoms with Crippen molar-refractivity contribution in [1.29, 1.82) is 0 Å². The van der Waals surface area contributed by atoms with Crippen LogP contribution in [0.1, 0.15) is 134 Å². The number of nitrogens with zero attached hydrogens (tertiary/aromatic N) is 3. The van der Waals surface area contributed by atoms with E-state index in [1.165, 1.54) is 112 Å². The third-order valence-corrected chi connectivity index (χ3v) is 18.8. The van der Waals surface area contributed by atoms with Gasteiger partial charge in [0.15, 0.2) is 0 Å². The van der Waals surface area contributed by atoms with E-state index in [1.807, 2.05) is 0 Å². The van der Waals surface area contributed by atoms with E-state index in [4.69, 9.17) is 0 Å². The zero-order valence-corrected chi connectivity index (χ0v) is 48.9. The molecule has 0 amide bonds. The molecule has 2 heterocycles. The molecule has 0 saturated heterocycles. The number of para-hydroxylation sites is 2. The van der Waals surface area contributed by atoms with Gasteiger partial charge in [-0.2, -0.15) is 0 Å². The minimum atomic E-state index is -0.0564. The van der Waals surface area contributed by atoms with Gasteiger partial charge in [-0.15, -0.1) is 0 Å². The van der Waals surface area contributed by atoms with Gasteiger partial charge in [-0.25, -0.2) is 0 Å². The van der Waals surface area contributed by atoms with E-state index >= 15 is 0 Å². The van der Waals surface area contributed by atoms with Crippen LogP contribution in [-0.2, 0) is 27.1 Å². The lowest BCUT2D eigenvalue weighted by atomic mass is 9.33. The Balaban J connectivity index is 1.14. The van der Waals surface area contributed by atoms with Gasteiger partial charge in [0.25, 0.3) is 6.71 Å². The van der Waals surface area contributed by atoms with Crippen molar-refractivity contribution in [2.24, 2.45) is 0 Å². The monoisotopic (exact) mass is 1030 g/mol. The first-order valence-corrected chi connectivity index (χ1v) is 29.0. The Morgan fingerprint density at radius 1 is 0.405 bits per heavy atom. The van der Waals surface area contributed by atoms with Crippen molar-refractivity contribution in [1.82, 2.24) is 0 Å². The molecular weight excluding hydrogens is 954 g/mol. The molecule has 0 fully saturated rings. The summed E-state index contributed by atoms with van der Waals surface area (Å²) in [5.74, 6) is 0. The molecule has 4 aliphatic rings. The molecule has 0 radical (unpaired) electrons. The maximum atomic E-state index is 2.72. The van der Waals surface area contributed by atoms with E-state index in [0.717, 1.165) is 36.3 Å². The van der Waals surface area contributed by atoms with Gasteiger partial charge in [0.1, 0.15) is 0 Å². The van der Waals surface area contributed by atoms with Gasteiger partial charge in [-0.3, -0.25) is 0 Å². The Bertz CT molecular complexity index is 3860. The summed E-state index contributed by atoms with van der Waals surface area (Å²) in [4.78, 5) is 7.78. The molecule has 3 nitrogen and oxygen atoms in total. The first-order valence-electron chi connectivity index (χ1n) is 29.0. The summed E-state index contributed by atoms with van der Waals surface area (Å²) < 4.78 is 0. The molecule has 0 bridgehead atoms. The maximum Gasteiger partial charge on any atom is 0.252 e. The minimum absolute atomic E-state index is 0.000140. The van der Waals surface area contributed by atoms with E-state index < -0.39 is 0 Å². The van der Waals surface area contributed by atoms with E-state index in [0.29, 0.717) is 0 Å². The van der Waals surface area contributed by atoms with Gasteiger partial charge in [0.2, 0.25) is 0 Å². The Kier molecular flexibility index (Phi) is 11.6. The van der Waals surface area contributed by atoms with Gasteiger partial charge in [0.05, 0.1) is 5.69 Å². The smallest absolute Gasteiger partial charge is 0.252 e. The molecule has 9 aromatic carbocycles. The summed E-state index contributed by atoms with van der Waals surface area (Å²) in [6.45, 7) is 31.4. The van der Waals surface area contributed by atoms with Crippen LogP contribution >= 0.6 is 0 Å². The van der Waals surface area contributed by atoms with E-state index in [9.17, 15) is 0 Å². The lowest BCUT2D eigenvalue weighted by Crippen LogP contribution is -2.62. The molecule has 0 aromatic heterocycles. The lowest BCUT2D eigenvalue weighted by Gasteiger charge is -2.48. The number of anilines is 9. The Morgan fingerprint density at radius 3 is 1.59 bits per heavy atom. The lowest BCUT2D eigenvalue weighted by molar-refractivity contribution is 0.332. The summed E-state index contributed by atoms with van der Waals surface area (Å²) in [5, 5.41) is 0. The molecule has 0 saturated carbocycles. The van der Waals surface area contributed by atoms with E-state index in [2.05, 4.69) is 293 Å². The number of aryl methyl sites for hydroxylation is 2. The first-order chi connectivity index (χ1) is 37.6. The largest absolute Gasteiger partial charge is 0.311 e. The van der Waals surface area contributed by atoms with Gasteiger partial charge >= 0.3 is 0 Å². The highest BCUT2D eigenvalue weighted by molar-refractivity contribution is 7.00. The zero-order chi connectivity index (χ0) is 55.1. The molecule has 0 atom stereocenters. The second-order valence-electron chi connectivity index (χ2n) is 27.3. The van der Waals surface area contributed by atoms with Gasteiger partial charge < -0.3 is 14.7 Å². The standard InChI is InChI=1S/C75H76BN3/c1-48-39-68-70-69(40-48)79(65-42-51(30-29-49(65)2)50-23-17-14-18-24-50)66-44-56(77(54-25-19-15-20-26-54)55-27-21-16-22-28-55)33-35-62(66)76(70)63-45-60-61(73(8,9)38-37-72(60,6)7)46-67(63)78(68)64-36-32-53(71(3,4)5)43-57(64)52-31-34-58-59(41-52)75(12,13)47-74(58,10)11/h14-36,39-46H,37-38,47H2,1-13H3. The number of fused-ring (bicyclic) bond motifs is 6. The van der Waals surface area contributed by atoms with Crippen LogP contribution in [0.25, 0.3) is 22.3 Å². The van der Waals surface area contributed by atoms with Crippen molar-refractivity contribution in [2.75, 3.05) is 14.7 Å². The van der Waals surface area contributed by atoms with Crippen LogP contribution in [0.15, 0.2) is 188 Å². The first kappa shape index (κ1) is 50.9. The summed E-state index contributed by atoms with van der Waals surface area (Å²) in [6, 6.07) is 72.3. The molecule has 13 rings (SSSR count). The molecule has 9 aromatic rings. The average Bonchev–Trinajstić information content (AvgIpc) is 2.94. The number of hydrogen-bond acceptors (Lipinski definition) is 3. The summed E-state index contributed by atoms with van der Waals surface area (Å²) in [7, 11) is 0.